The smallest absolute Gasteiger partial charge is 0.330 e. The number of carbonyl (C=O) groups is 4. The van der Waals surface area contributed by atoms with Gasteiger partial charge in [0.1, 0.15) is 34.5 Å². The molecule has 17 heteroatoms. The summed E-state index contributed by atoms with van der Waals surface area (Å²) in [6.07, 6.45) is 20.6. The largest absolute Gasteiger partial charge is 0.502 e. The van der Waals surface area contributed by atoms with Gasteiger partial charge in [-0.1, -0.05) is 43.2 Å². The molecule has 2 aliphatic rings. The number of para-hydroxylation sites is 1. The van der Waals surface area contributed by atoms with Gasteiger partial charge < -0.3 is 42.6 Å². The number of rotatable bonds is 37. The molecule has 0 spiro atoms. The number of esters is 4. The van der Waals surface area contributed by atoms with Crippen molar-refractivity contribution in [2.75, 3.05) is 51.3 Å². The second-order valence-electron chi connectivity index (χ2n) is 21.4. The predicted octanol–water partition coefficient (Wildman–Crippen LogP) is 14.4. The van der Waals surface area contributed by atoms with E-state index >= 15 is 0 Å². The van der Waals surface area contributed by atoms with E-state index in [-0.39, 0.29) is 41.7 Å². The lowest BCUT2D eigenvalue weighted by atomic mass is 9.82. The number of carbonyl (C=O) groups excluding carboxylic acids is 4. The zero-order valence-electron chi connectivity index (χ0n) is 48.7. The highest BCUT2D eigenvalue weighted by Gasteiger charge is 2.30. The Morgan fingerprint density at radius 2 is 1.08 bits per heavy atom. The second kappa shape index (κ2) is 35.5. The highest BCUT2D eigenvalue weighted by atomic mass is 32.1. The van der Waals surface area contributed by atoms with Gasteiger partial charge in [-0.3, -0.25) is 9.59 Å². The van der Waals surface area contributed by atoms with Crippen molar-refractivity contribution < 1.29 is 61.8 Å². The van der Waals surface area contributed by atoms with Crippen molar-refractivity contribution in [3.8, 4) is 34.5 Å². The number of hydrogen-bond acceptors (Lipinski definition) is 17. The van der Waals surface area contributed by atoms with E-state index in [0.29, 0.717) is 106 Å². The van der Waals surface area contributed by atoms with E-state index in [1.165, 1.54) is 18.4 Å². The maximum atomic E-state index is 13.3. The number of nitrogens with zero attached hydrogens (tertiary/aromatic N) is 3. The van der Waals surface area contributed by atoms with E-state index in [9.17, 15) is 19.2 Å². The summed E-state index contributed by atoms with van der Waals surface area (Å²) in [5.41, 5.74) is 1.67. The average molecular weight is 1170 g/mol. The van der Waals surface area contributed by atoms with E-state index in [1.807, 2.05) is 71.9 Å². The summed E-state index contributed by atoms with van der Waals surface area (Å²) in [4.78, 5) is 54.0. The lowest BCUT2D eigenvalue weighted by Gasteiger charge is -2.28. The normalized spacial score (nSPS) is 17.1. The first-order valence-electron chi connectivity index (χ1n) is 29.9. The molecule has 1 aromatic heterocycles. The standard InChI is InChI=1S/C67H83N3O13S/c1-5-63(71)78-43-16-10-8-14-41-76-55-30-34-57(35-31-55)82-65(73)52-26-22-50(23-27-52)47-80-59-38-39-61(54(45-59)46-68-70(49(4)19-18-40-75-7-3)67-69-60-20-12-13-21-62(60)84-67)81-48-51-24-28-53(29-25-51)66(74)83-58-36-32-56(33-37-58)77-42-15-9-11-17-44-79-64(72)6-2/h5-7,12-13,20-21,30-39,45-46,49-53H,1-3,8-11,14-19,22-29,40-44,47-48H2,4H3/b68-46+. The number of hydrazone groups is 1. The Hall–Kier alpha value is -7.66. The van der Waals surface area contributed by atoms with Crippen molar-refractivity contribution in [1.29, 1.82) is 0 Å². The molecule has 1 atom stereocenters. The molecule has 450 valence electrons. The molecule has 0 saturated heterocycles. The van der Waals surface area contributed by atoms with Crippen LogP contribution in [0.1, 0.15) is 128 Å². The van der Waals surface area contributed by atoms with Crippen LogP contribution in [-0.2, 0) is 33.4 Å². The van der Waals surface area contributed by atoms with Gasteiger partial charge in [0.2, 0.25) is 5.13 Å². The molecule has 0 radical (unpaired) electrons. The Morgan fingerprint density at radius 3 is 1.61 bits per heavy atom. The fraction of sp³-hybridized carbons (Fsp3) is 0.463. The first-order chi connectivity index (χ1) is 41.1. The molecule has 5 aromatic rings. The number of ether oxygens (including phenoxy) is 9. The minimum atomic E-state index is -0.397. The molecule has 1 unspecified atom stereocenters. The Balaban J connectivity index is 0.898. The lowest BCUT2D eigenvalue weighted by molar-refractivity contribution is -0.141. The van der Waals surface area contributed by atoms with Gasteiger partial charge in [0.15, 0.2) is 0 Å². The molecule has 16 nitrogen and oxygen atoms in total. The number of thiazole rings is 1. The Bertz CT molecular complexity index is 2840. The zero-order valence-corrected chi connectivity index (χ0v) is 49.5. The Kier molecular flexibility index (Phi) is 27.0. The summed E-state index contributed by atoms with van der Waals surface area (Å²) < 4.78 is 53.1. The molecule has 0 bridgehead atoms. The Labute approximate surface area is 499 Å². The number of hydrogen-bond donors (Lipinski definition) is 0. The van der Waals surface area contributed by atoms with Crippen LogP contribution < -0.4 is 33.4 Å². The van der Waals surface area contributed by atoms with E-state index in [2.05, 4.69) is 32.7 Å². The van der Waals surface area contributed by atoms with Gasteiger partial charge >= 0.3 is 23.9 Å². The topological polar surface area (TPSA) is 180 Å². The van der Waals surface area contributed by atoms with Crippen LogP contribution in [0.25, 0.3) is 10.2 Å². The molecule has 2 aliphatic carbocycles. The van der Waals surface area contributed by atoms with E-state index < -0.39 is 11.9 Å². The molecule has 0 aliphatic heterocycles. The quantitative estimate of drug-likeness (QED) is 0.00696. The van der Waals surface area contributed by atoms with E-state index in [4.69, 9.17) is 52.7 Å². The number of benzene rings is 4. The molecule has 2 fully saturated rings. The average Bonchev–Trinajstić information content (AvgIpc) is 4.19. The molecule has 4 aromatic carbocycles. The molecule has 0 N–H and O–H groups in total. The molecule has 84 heavy (non-hydrogen) atoms. The van der Waals surface area contributed by atoms with E-state index in [1.54, 1.807) is 35.6 Å². The van der Waals surface area contributed by atoms with Crippen molar-refractivity contribution in [1.82, 2.24) is 4.98 Å². The zero-order chi connectivity index (χ0) is 59.1. The fourth-order valence-corrected chi connectivity index (χ4v) is 11.1. The van der Waals surface area contributed by atoms with Gasteiger partial charge in [-0.25, -0.2) is 19.6 Å². The number of anilines is 1. The maximum absolute atomic E-state index is 13.3. The van der Waals surface area contributed by atoms with Crippen molar-refractivity contribution in [2.45, 2.75) is 129 Å². The van der Waals surface area contributed by atoms with Crippen molar-refractivity contribution >= 4 is 56.8 Å². The number of fused-ring (bicyclic) bond motifs is 1. The minimum Gasteiger partial charge on any atom is -0.502 e. The summed E-state index contributed by atoms with van der Waals surface area (Å²) in [5, 5.41) is 7.89. The summed E-state index contributed by atoms with van der Waals surface area (Å²) in [6, 6.07) is 28.3. The number of unbranched alkanes of at least 4 members (excludes halogenated alkanes) is 6. The van der Waals surface area contributed by atoms with Crippen molar-refractivity contribution in [3.63, 3.8) is 0 Å². The molecular weight excluding hydrogens is 1090 g/mol. The van der Waals surface area contributed by atoms with Gasteiger partial charge in [-0.2, -0.15) is 5.10 Å². The molecule has 2 saturated carbocycles. The summed E-state index contributed by atoms with van der Waals surface area (Å²) in [6.45, 7) is 16.1. The van der Waals surface area contributed by atoms with Gasteiger partial charge in [-0.15, -0.1) is 0 Å². The second-order valence-corrected chi connectivity index (χ2v) is 22.4. The number of aromatic nitrogens is 1. The first-order valence-corrected chi connectivity index (χ1v) is 30.7. The molecule has 1 heterocycles. The minimum absolute atomic E-state index is 0.00936. The lowest BCUT2D eigenvalue weighted by Crippen LogP contribution is -2.28. The summed E-state index contributed by atoms with van der Waals surface area (Å²) in [5.74, 6) is 2.66. The van der Waals surface area contributed by atoms with Crippen LogP contribution in [-0.4, -0.2) is 87.4 Å². The van der Waals surface area contributed by atoms with Crippen LogP contribution in [0.15, 0.2) is 134 Å². The van der Waals surface area contributed by atoms with Crippen molar-refractivity contribution in [2.24, 2.45) is 28.8 Å². The van der Waals surface area contributed by atoms with Crippen LogP contribution >= 0.6 is 11.3 Å². The van der Waals surface area contributed by atoms with Crippen LogP contribution in [0.5, 0.6) is 34.5 Å². The Morgan fingerprint density at radius 1 is 0.583 bits per heavy atom. The predicted molar refractivity (Wildman–Crippen MR) is 327 cm³/mol. The van der Waals surface area contributed by atoms with Gasteiger partial charge in [-0.05, 0) is 213 Å². The highest BCUT2D eigenvalue weighted by Crippen LogP contribution is 2.36. The highest BCUT2D eigenvalue weighted by molar-refractivity contribution is 7.22. The van der Waals surface area contributed by atoms with Gasteiger partial charge in [0.25, 0.3) is 0 Å². The monoisotopic (exact) mass is 1170 g/mol. The fourth-order valence-electron chi connectivity index (χ4n) is 10.1. The van der Waals surface area contributed by atoms with Gasteiger partial charge in [0, 0.05) is 17.7 Å². The maximum Gasteiger partial charge on any atom is 0.330 e. The summed E-state index contributed by atoms with van der Waals surface area (Å²) >= 11 is 1.60. The summed E-state index contributed by atoms with van der Waals surface area (Å²) in [7, 11) is 0. The van der Waals surface area contributed by atoms with Crippen LogP contribution in [0.3, 0.4) is 0 Å². The van der Waals surface area contributed by atoms with E-state index in [0.717, 1.165) is 111 Å². The third-order valence-electron chi connectivity index (χ3n) is 15.0. The molecule has 7 rings (SSSR count). The third kappa shape index (κ3) is 21.8. The molecule has 0 amide bonds. The SMILES string of the molecule is C=COCCCC(C)N(/N=C/c1cc(OCC2CCC(C(=O)Oc3ccc(OCCCCCCOC(=O)C=C)cc3)CC2)ccc1OCC1CCC(C(=O)Oc2ccc(OCCCCCCOC(=O)C=C)cc2)CC1)c1nc2ccccc2s1. The van der Waals surface area contributed by atoms with Gasteiger partial charge in [0.05, 0.1) is 86.8 Å². The first kappa shape index (κ1) is 63.9. The van der Waals surface area contributed by atoms with Crippen molar-refractivity contribution in [3.05, 3.63) is 135 Å². The van der Waals surface area contributed by atoms with Crippen LogP contribution in [0, 0.1) is 23.7 Å². The van der Waals surface area contributed by atoms with Crippen LogP contribution in [0.2, 0.25) is 0 Å². The van der Waals surface area contributed by atoms with Crippen LogP contribution in [0.4, 0.5) is 5.13 Å². The molecular formula is C67H83N3O13S. The third-order valence-corrected chi connectivity index (χ3v) is 16.1.